The maximum absolute atomic E-state index is 12.8. The molecule has 0 fully saturated rings. The van der Waals surface area contributed by atoms with Gasteiger partial charge < -0.3 is 10.1 Å². The van der Waals surface area contributed by atoms with Gasteiger partial charge in [0, 0.05) is 17.7 Å². The van der Waals surface area contributed by atoms with Crippen LogP contribution in [0.5, 0.6) is 5.75 Å². The fourth-order valence-electron chi connectivity index (χ4n) is 2.77. The third-order valence-corrected chi connectivity index (χ3v) is 4.48. The smallest absolute Gasteiger partial charge is 0.416 e. The van der Waals surface area contributed by atoms with Crippen molar-refractivity contribution in [2.75, 3.05) is 11.9 Å². The number of rotatable bonds is 6. The topological polar surface area (TPSA) is 50.4 Å². The van der Waals surface area contributed by atoms with Gasteiger partial charge in [-0.3, -0.25) is 10.1 Å². The molecule has 0 spiro atoms. The molecule has 0 aliphatic heterocycles. The lowest BCUT2D eigenvalue weighted by Gasteiger charge is -2.12. The van der Waals surface area contributed by atoms with Gasteiger partial charge in [-0.25, -0.2) is 0 Å². The molecule has 0 radical (unpaired) electrons. The molecular weight excluding hydrogens is 425 g/mol. The van der Waals surface area contributed by atoms with Crippen molar-refractivity contribution >= 4 is 28.9 Å². The molecule has 8 heteroatoms. The van der Waals surface area contributed by atoms with Gasteiger partial charge in [-0.1, -0.05) is 42.5 Å². The molecule has 0 heterocycles. The van der Waals surface area contributed by atoms with Gasteiger partial charge >= 0.3 is 6.18 Å². The van der Waals surface area contributed by atoms with Gasteiger partial charge in [0.05, 0.1) is 12.2 Å². The average Bonchev–Trinajstić information content (AvgIpc) is 2.74. The Bertz CT molecular complexity index is 1060. The number of halogens is 3. The summed E-state index contributed by atoms with van der Waals surface area (Å²) in [4.78, 5) is 12.4. The summed E-state index contributed by atoms with van der Waals surface area (Å²) in [5, 5.41) is 4.94. The Hall–Kier alpha value is -3.39. The van der Waals surface area contributed by atoms with Crippen LogP contribution in [0.3, 0.4) is 0 Å². The normalized spacial score (nSPS) is 10.9. The summed E-state index contributed by atoms with van der Waals surface area (Å²) in [5.41, 5.74) is 0.762. The van der Waals surface area contributed by atoms with E-state index in [4.69, 9.17) is 17.0 Å². The standard InChI is InChI=1S/C23H19F3N2O2S/c24-23(25,26)18-9-5-10-19(15-18)27-22(31)28-21(29)17-8-4-11-20(14-17)30-13-12-16-6-2-1-3-7-16/h1-11,14-15H,12-13H2,(H2,27,28,29,31). The van der Waals surface area contributed by atoms with Crippen LogP contribution in [0.15, 0.2) is 78.9 Å². The number of amides is 1. The van der Waals surface area contributed by atoms with E-state index in [-0.39, 0.29) is 10.8 Å². The fraction of sp³-hybridized carbons (Fsp3) is 0.130. The third-order valence-electron chi connectivity index (χ3n) is 4.27. The highest BCUT2D eigenvalue weighted by molar-refractivity contribution is 7.80. The molecule has 0 atom stereocenters. The zero-order valence-electron chi connectivity index (χ0n) is 16.3. The molecule has 0 aromatic heterocycles. The molecule has 2 N–H and O–H groups in total. The predicted molar refractivity (Wildman–Crippen MR) is 117 cm³/mol. The Labute approximate surface area is 183 Å². The zero-order valence-corrected chi connectivity index (χ0v) is 17.1. The van der Waals surface area contributed by atoms with Gasteiger partial charge in [-0.05, 0) is 54.2 Å². The maximum atomic E-state index is 12.8. The van der Waals surface area contributed by atoms with E-state index in [1.54, 1.807) is 24.3 Å². The molecule has 0 saturated heterocycles. The molecule has 3 aromatic rings. The summed E-state index contributed by atoms with van der Waals surface area (Å²) in [6.07, 6.45) is -3.74. The third kappa shape index (κ3) is 6.82. The van der Waals surface area contributed by atoms with Crippen molar-refractivity contribution in [1.82, 2.24) is 5.32 Å². The van der Waals surface area contributed by atoms with Crippen molar-refractivity contribution in [3.05, 3.63) is 95.6 Å². The van der Waals surface area contributed by atoms with E-state index in [1.807, 2.05) is 30.3 Å². The first-order valence-electron chi connectivity index (χ1n) is 9.37. The number of ether oxygens (including phenoxy) is 1. The van der Waals surface area contributed by atoms with Gasteiger partial charge in [0.1, 0.15) is 5.75 Å². The van der Waals surface area contributed by atoms with Crippen LogP contribution in [0, 0.1) is 0 Å². The van der Waals surface area contributed by atoms with Gasteiger partial charge in [0.2, 0.25) is 0 Å². The molecule has 4 nitrogen and oxygen atoms in total. The Morgan fingerprint density at radius 1 is 0.935 bits per heavy atom. The highest BCUT2D eigenvalue weighted by Crippen LogP contribution is 2.30. The Kier molecular flexibility index (Phi) is 7.25. The van der Waals surface area contributed by atoms with Gasteiger partial charge in [0.25, 0.3) is 5.91 Å². The number of carbonyl (C=O) groups excluding carboxylic acids is 1. The van der Waals surface area contributed by atoms with Crippen molar-refractivity contribution in [2.45, 2.75) is 12.6 Å². The molecule has 31 heavy (non-hydrogen) atoms. The summed E-state index contributed by atoms with van der Waals surface area (Å²) in [7, 11) is 0. The summed E-state index contributed by atoms with van der Waals surface area (Å²) >= 11 is 5.05. The fourth-order valence-corrected chi connectivity index (χ4v) is 2.98. The minimum Gasteiger partial charge on any atom is -0.493 e. The van der Waals surface area contributed by atoms with E-state index in [2.05, 4.69) is 10.6 Å². The van der Waals surface area contributed by atoms with Crippen molar-refractivity contribution in [3.63, 3.8) is 0 Å². The molecule has 0 bridgehead atoms. The number of hydrogen-bond acceptors (Lipinski definition) is 3. The molecule has 0 aliphatic rings. The van der Waals surface area contributed by atoms with Crippen molar-refractivity contribution in [1.29, 1.82) is 0 Å². The SMILES string of the molecule is O=C(NC(=S)Nc1cccc(C(F)(F)F)c1)c1cccc(OCCc2ccccc2)c1. The zero-order chi connectivity index (χ0) is 22.3. The molecule has 3 aromatic carbocycles. The molecule has 0 unspecified atom stereocenters. The number of hydrogen-bond donors (Lipinski definition) is 2. The molecule has 0 aliphatic carbocycles. The van der Waals surface area contributed by atoms with Crippen molar-refractivity contribution in [2.24, 2.45) is 0 Å². The summed E-state index contributed by atoms with van der Waals surface area (Å²) in [6, 6.07) is 21.0. The number of benzene rings is 3. The van der Waals surface area contributed by atoms with Gasteiger partial charge in [-0.2, -0.15) is 13.2 Å². The largest absolute Gasteiger partial charge is 0.493 e. The van der Waals surface area contributed by atoms with E-state index < -0.39 is 17.6 Å². The number of thiocarbonyl (C=S) groups is 1. The van der Waals surface area contributed by atoms with E-state index >= 15 is 0 Å². The second-order valence-corrected chi connectivity index (χ2v) is 7.01. The summed E-state index contributed by atoms with van der Waals surface area (Å²) < 4.78 is 44.2. The lowest BCUT2D eigenvalue weighted by atomic mass is 10.2. The van der Waals surface area contributed by atoms with Gasteiger partial charge in [-0.15, -0.1) is 0 Å². The van der Waals surface area contributed by atoms with Crippen LogP contribution in [0.4, 0.5) is 18.9 Å². The number of nitrogens with one attached hydrogen (secondary N) is 2. The van der Waals surface area contributed by atoms with E-state index in [0.29, 0.717) is 17.9 Å². The quantitative estimate of drug-likeness (QED) is 0.496. The molecule has 0 saturated carbocycles. The first kappa shape index (κ1) is 22.3. The number of anilines is 1. The van der Waals surface area contributed by atoms with Crippen LogP contribution >= 0.6 is 12.2 Å². The van der Waals surface area contributed by atoms with Crippen LogP contribution in [-0.2, 0) is 12.6 Å². The lowest BCUT2D eigenvalue weighted by molar-refractivity contribution is -0.137. The van der Waals surface area contributed by atoms with E-state index in [9.17, 15) is 18.0 Å². The first-order valence-corrected chi connectivity index (χ1v) is 9.78. The molecule has 3 rings (SSSR count). The second kappa shape index (κ2) is 10.1. The minimum absolute atomic E-state index is 0.111. The highest BCUT2D eigenvalue weighted by atomic mass is 32.1. The monoisotopic (exact) mass is 444 g/mol. The van der Waals surface area contributed by atoms with Gasteiger partial charge in [0.15, 0.2) is 5.11 Å². The minimum atomic E-state index is -4.47. The van der Waals surface area contributed by atoms with Crippen molar-refractivity contribution < 1.29 is 22.7 Å². The van der Waals surface area contributed by atoms with Crippen LogP contribution in [-0.4, -0.2) is 17.6 Å². The molecule has 1 amide bonds. The van der Waals surface area contributed by atoms with Crippen LogP contribution in [0.25, 0.3) is 0 Å². The average molecular weight is 444 g/mol. The van der Waals surface area contributed by atoms with Crippen molar-refractivity contribution in [3.8, 4) is 5.75 Å². The molecule has 160 valence electrons. The Balaban J connectivity index is 1.55. The molecular formula is C23H19F3N2O2S. The lowest BCUT2D eigenvalue weighted by Crippen LogP contribution is -2.34. The summed E-state index contributed by atoms with van der Waals surface area (Å²) in [6.45, 7) is 0.449. The summed E-state index contributed by atoms with van der Waals surface area (Å²) in [5.74, 6) is 0.0262. The van der Waals surface area contributed by atoms with Crippen LogP contribution in [0.2, 0.25) is 0 Å². The van der Waals surface area contributed by atoms with E-state index in [1.165, 1.54) is 12.1 Å². The predicted octanol–water partition coefficient (Wildman–Crippen LogP) is 5.45. The van der Waals surface area contributed by atoms with Crippen LogP contribution < -0.4 is 15.4 Å². The first-order chi connectivity index (χ1) is 14.8. The Morgan fingerprint density at radius 2 is 1.68 bits per heavy atom. The number of alkyl halides is 3. The maximum Gasteiger partial charge on any atom is 0.416 e. The van der Waals surface area contributed by atoms with Crippen LogP contribution in [0.1, 0.15) is 21.5 Å². The highest BCUT2D eigenvalue weighted by Gasteiger charge is 2.30. The van der Waals surface area contributed by atoms with E-state index in [0.717, 1.165) is 24.1 Å². The Morgan fingerprint density at radius 3 is 2.42 bits per heavy atom. The number of carbonyl (C=O) groups is 1. The second-order valence-electron chi connectivity index (χ2n) is 6.60.